The van der Waals surface area contributed by atoms with Crippen molar-refractivity contribution in [1.82, 2.24) is 14.9 Å². The van der Waals surface area contributed by atoms with Crippen LogP contribution in [0.2, 0.25) is 0 Å². The van der Waals surface area contributed by atoms with Crippen molar-refractivity contribution in [2.24, 2.45) is 7.05 Å². The normalized spacial score (nSPS) is 10.7. The summed E-state index contributed by atoms with van der Waals surface area (Å²) < 4.78 is 21.3. The van der Waals surface area contributed by atoms with Gasteiger partial charge in [-0.1, -0.05) is 12.1 Å². The van der Waals surface area contributed by atoms with Crippen LogP contribution in [0.3, 0.4) is 0 Å². The number of ether oxygens (including phenoxy) is 1. The van der Waals surface area contributed by atoms with Crippen molar-refractivity contribution in [2.45, 2.75) is 13.0 Å². The average molecular weight is 263 g/mol. The molecule has 0 aliphatic rings. The predicted octanol–water partition coefficient (Wildman–Crippen LogP) is 1.90. The first-order valence-electron chi connectivity index (χ1n) is 6.23. The van der Waals surface area contributed by atoms with Gasteiger partial charge in [-0.05, 0) is 13.1 Å². The number of benzene rings is 1. The van der Waals surface area contributed by atoms with Gasteiger partial charge in [-0.25, -0.2) is 9.37 Å². The van der Waals surface area contributed by atoms with Gasteiger partial charge in [0.2, 0.25) is 0 Å². The minimum atomic E-state index is -0.326. The van der Waals surface area contributed by atoms with Crippen LogP contribution in [-0.2, 0) is 20.0 Å². The number of para-hydroxylation sites is 1. The maximum atomic E-state index is 13.7. The van der Waals surface area contributed by atoms with Gasteiger partial charge in [0.15, 0.2) is 11.6 Å². The van der Waals surface area contributed by atoms with Gasteiger partial charge in [0.1, 0.15) is 5.82 Å². The van der Waals surface area contributed by atoms with Crippen molar-refractivity contribution in [2.75, 3.05) is 13.7 Å². The van der Waals surface area contributed by atoms with Crippen LogP contribution in [0.25, 0.3) is 0 Å². The number of rotatable bonds is 6. The van der Waals surface area contributed by atoms with Gasteiger partial charge >= 0.3 is 0 Å². The van der Waals surface area contributed by atoms with Gasteiger partial charge in [0.05, 0.1) is 6.61 Å². The van der Waals surface area contributed by atoms with Crippen LogP contribution in [0.4, 0.5) is 4.39 Å². The Balaban J connectivity index is 2.01. The minimum absolute atomic E-state index is 0.325. The molecule has 0 atom stereocenters. The number of halogens is 1. The monoisotopic (exact) mass is 263 g/mol. The van der Waals surface area contributed by atoms with Gasteiger partial charge in [0, 0.05) is 38.0 Å². The predicted molar refractivity (Wildman–Crippen MR) is 71.6 cm³/mol. The van der Waals surface area contributed by atoms with E-state index in [0.29, 0.717) is 25.3 Å². The molecule has 4 nitrogen and oxygen atoms in total. The summed E-state index contributed by atoms with van der Waals surface area (Å²) in [5.74, 6) is 0.921. The molecule has 0 unspecified atom stereocenters. The zero-order chi connectivity index (χ0) is 13.7. The molecule has 1 N–H and O–H groups in total. The molecule has 0 spiro atoms. The highest BCUT2D eigenvalue weighted by molar-refractivity contribution is 5.34. The second-order valence-electron chi connectivity index (χ2n) is 4.31. The number of aromatic nitrogens is 2. The van der Waals surface area contributed by atoms with Crippen molar-refractivity contribution in [1.29, 1.82) is 0 Å². The SMILES string of the molecule is CNCc1cccc(F)c1OCCc1nccn1C. The number of nitrogens with zero attached hydrogens (tertiary/aromatic N) is 2. The van der Waals surface area contributed by atoms with Crippen molar-refractivity contribution in [3.05, 3.63) is 47.8 Å². The van der Waals surface area contributed by atoms with Crippen LogP contribution < -0.4 is 10.1 Å². The number of hydrogen-bond donors (Lipinski definition) is 1. The van der Waals surface area contributed by atoms with E-state index in [1.165, 1.54) is 6.07 Å². The first-order chi connectivity index (χ1) is 9.22. The molecule has 2 aromatic rings. The Hall–Kier alpha value is -1.88. The second kappa shape index (κ2) is 6.33. The van der Waals surface area contributed by atoms with Crippen LogP contribution in [0.15, 0.2) is 30.6 Å². The average Bonchev–Trinajstić information content (AvgIpc) is 2.79. The number of hydrogen-bond acceptors (Lipinski definition) is 3. The van der Waals surface area contributed by atoms with Crippen LogP contribution >= 0.6 is 0 Å². The van der Waals surface area contributed by atoms with E-state index in [4.69, 9.17) is 4.74 Å². The Morgan fingerprint density at radius 2 is 2.26 bits per heavy atom. The van der Waals surface area contributed by atoms with Crippen molar-refractivity contribution < 1.29 is 9.13 Å². The van der Waals surface area contributed by atoms with E-state index in [9.17, 15) is 4.39 Å². The molecule has 0 saturated carbocycles. The Kier molecular flexibility index (Phi) is 4.52. The van der Waals surface area contributed by atoms with Gasteiger partial charge < -0.3 is 14.6 Å². The first-order valence-corrected chi connectivity index (χ1v) is 6.23. The molecule has 0 bridgehead atoms. The Morgan fingerprint density at radius 3 is 2.95 bits per heavy atom. The van der Waals surface area contributed by atoms with Crippen LogP contribution in [0, 0.1) is 5.82 Å². The van der Waals surface area contributed by atoms with Crippen LogP contribution in [-0.4, -0.2) is 23.2 Å². The third kappa shape index (κ3) is 3.32. The zero-order valence-electron chi connectivity index (χ0n) is 11.2. The molecule has 19 heavy (non-hydrogen) atoms. The summed E-state index contributed by atoms with van der Waals surface area (Å²) in [4.78, 5) is 4.21. The molecular weight excluding hydrogens is 245 g/mol. The lowest BCUT2D eigenvalue weighted by atomic mass is 10.2. The van der Waals surface area contributed by atoms with E-state index in [1.807, 2.05) is 30.9 Å². The summed E-state index contributed by atoms with van der Waals surface area (Å²) in [6.45, 7) is 0.984. The maximum Gasteiger partial charge on any atom is 0.165 e. The fourth-order valence-corrected chi connectivity index (χ4v) is 1.93. The fourth-order valence-electron chi connectivity index (χ4n) is 1.93. The summed E-state index contributed by atoms with van der Waals surface area (Å²) in [6.07, 6.45) is 4.27. The lowest BCUT2D eigenvalue weighted by Gasteiger charge is -2.12. The van der Waals surface area contributed by atoms with E-state index in [0.717, 1.165) is 11.4 Å². The van der Waals surface area contributed by atoms with Gasteiger partial charge in [0.25, 0.3) is 0 Å². The highest BCUT2D eigenvalue weighted by atomic mass is 19.1. The third-order valence-electron chi connectivity index (χ3n) is 2.91. The van der Waals surface area contributed by atoms with E-state index in [1.54, 1.807) is 12.3 Å². The van der Waals surface area contributed by atoms with Crippen molar-refractivity contribution in [3.8, 4) is 5.75 Å². The van der Waals surface area contributed by atoms with E-state index in [2.05, 4.69) is 10.3 Å². The highest BCUT2D eigenvalue weighted by Gasteiger charge is 2.09. The number of imidazole rings is 1. The minimum Gasteiger partial charge on any atom is -0.490 e. The molecule has 5 heteroatoms. The Bertz CT molecular complexity index is 539. The zero-order valence-corrected chi connectivity index (χ0v) is 11.2. The van der Waals surface area contributed by atoms with E-state index >= 15 is 0 Å². The second-order valence-corrected chi connectivity index (χ2v) is 4.31. The third-order valence-corrected chi connectivity index (χ3v) is 2.91. The van der Waals surface area contributed by atoms with Gasteiger partial charge in [-0.15, -0.1) is 0 Å². The van der Waals surface area contributed by atoms with E-state index < -0.39 is 0 Å². The molecule has 0 aliphatic carbocycles. The summed E-state index contributed by atoms with van der Waals surface area (Å²) in [5, 5.41) is 3.00. The highest BCUT2D eigenvalue weighted by Crippen LogP contribution is 2.22. The summed E-state index contributed by atoms with van der Waals surface area (Å²) in [5.41, 5.74) is 0.822. The smallest absolute Gasteiger partial charge is 0.165 e. The molecule has 0 radical (unpaired) electrons. The summed E-state index contributed by atoms with van der Waals surface area (Å²) in [7, 11) is 3.75. The Morgan fingerprint density at radius 1 is 1.42 bits per heavy atom. The van der Waals surface area contributed by atoms with Crippen LogP contribution in [0.5, 0.6) is 5.75 Å². The Labute approximate surface area is 112 Å². The fraction of sp³-hybridized carbons (Fsp3) is 0.357. The summed E-state index contributed by atoms with van der Waals surface area (Å²) >= 11 is 0. The van der Waals surface area contributed by atoms with Gasteiger partial charge in [-0.3, -0.25) is 0 Å². The molecular formula is C14H18FN3O. The topological polar surface area (TPSA) is 39.1 Å². The number of aryl methyl sites for hydroxylation is 1. The van der Waals surface area contributed by atoms with Crippen LogP contribution in [0.1, 0.15) is 11.4 Å². The van der Waals surface area contributed by atoms with Gasteiger partial charge in [-0.2, -0.15) is 0 Å². The molecule has 0 saturated heterocycles. The molecule has 0 fully saturated rings. The quantitative estimate of drug-likeness (QED) is 0.865. The van der Waals surface area contributed by atoms with Crippen molar-refractivity contribution >= 4 is 0 Å². The molecule has 2 rings (SSSR count). The van der Waals surface area contributed by atoms with Crippen molar-refractivity contribution in [3.63, 3.8) is 0 Å². The lowest BCUT2D eigenvalue weighted by molar-refractivity contribution is 0.297. The standard InChI is InChI=1S/C14H18FN3O/c1-16-10-11-4-3-5-12(15)14(11)19-9-6-13-17-7-8-18(13)2/h3-5,7-8,16H,6,9-10H2,1-2H3. The lowest BCUT2D eigenvalue weighted by Crippen LogP contribution is -2.11. The molecule has 1 aromatic heterocycles. The van der Waals surface area contributed by atoms with E-state index in [-0.39, 0.29) is 5.82 Å². The largest absolute Gasteiger partial charge is 0.490 e. The maximum absolute atomic E-state index is 13.7. The number of nitrogens with one attached hydrogen (secondary N) is 1. The molecule has 0 aliphatic heterocycles. The molecule has 102 valence electrons. The summed E-state index contributed by atoms with van der Waals surface area (Å²) in [6, 6.07) is 4.96. The molecule has 1 aromatic carbocycles. The first kappa shape index (κ1) is 13.5. The molecule has 1 heterocycles. The molecule has 0 amide bonds.